The van der Waals surface area contributed by atoms with E-state index in [0.717, 1.165) is 28.1 Å². The number of hydrogen-bond donors (Lipinski definition) is 1. The second kappa shape index (κ2) is 7.80. The predicted octanol–water partition coefficient (Wildman–Crippen LogP) is 4.99. The average Bonchev–Trinajstić information content (AvgIpc) is 3.33. The lowest BCUT2D eigenvalue weighted by atomic mass is 10.1. The van der Waals surface area contributed by atoms with E-state index in [1.54, 1.807) is 10.7 Å². The highest BCUT2D eigenvalue weighted by molar-refractivity contribution is 5.94. The zero-order chi connectivity index (χ0) is 20.4. The lowest BCUT2D eigenvalue weighted by Crippen LogP contribution is -2.25. The third-order valence-electron chi connectivity index (χ3n) is 4.81. The van der Waals surface area contributed by atoms with E-state index in [9.17, 15) is 4.79 Å². The molecule has 1 N–H and O–H groups in total. The number of furan rings is 1. The summed E-state index contributed by atoms with van der Waals surface area (Å²) < 4.78 is 7.42. The van der Waals surface area contributed by atoms with Crippen LogP contribution in [0.15, 0.2) is 71.1 Å². The molecule has 5 nitrogen and oxygen atoms in total. The number of aromatic nitrogens is 2. The summed E-state index contributed by atoms with van der Waals surface area (Å²) in [4.78, 5) is 13.0. The molecule has 29 heavy (non-hydrogen) atoms. The van der Waals surface area contributed by atoms with Crippen molar-refractivity contribution < 1.29 is 9.21 Å². The highest BCUT2D eigenvalue weighted by Crippen LogP contribution is 2.25. The van der Waals surface area contributed by atoms with E-state index in [2.05, 4.69) is 11.4 Å². The van der Waals surface area contributed by atoms with E-state index >= 15 is 0 Å². The number of benzene rings is 2. The summed E-state index contributed by atoms with van der Waals surface area (Å²) in [7, 11) is 0. The van der Waals surface area contributed by atoms with Crippen LogP contribution < -0.4 is 5.32 Å². The molecule has 2 aromatic heterocycles. The molecule has 146 valence electrons. The summed E-state index contributed by atoms with van der Waals surface area (Å²) >= 11 is 0. The van der Waals surface area contributed by atoms with Gasteiger partial charge in [0.2, 0.25) is 0 Å². The van der Waals surface area contributed by atoms with Crippen molar-refractivity contribution >= 4 is 5.91 Å². The number of rotatable bonds is 5. The van der Waals surface area contributed by atoms with Crippen LogP contribution in [0.3, 0.4) is 0 Å². The molecule has 0 aliphatic carbocycles. The van der Waals surface area contributed by atoms with Crippen LogP contribution in [0.2, 0.25) is 0 Å². The standard InChI is InChI=1S/C24H23N3O2/c1-16-9-11-21(17(2)13-16)27-22(14-20(26-27)23-12-10-18(3)29-23)24(28)25-15-19-7-5-4-6-8-19/h4-14H,15H2,1-3H3,(H,25,28). The number of nitrogens with zero attached hydrogens (tertiary/aromatic N) is 2. The molecule has 0 fully saturated rings. The summed E-state index contributed by atoms with van der Waals surface area (Å²) in [5.41, 5.74) is 5.22. The van der Waals surface area contributed by atoms with E-state index in [-0.39, 0.29) is 5.91 Å². The molecule has 0 spiro atoms. The molecular formula is C24H23N3O2. The molecule has 0 unspecified atom stereocenters. The Hall–Kier alpha value is -3.60. The monoisotopic (exact) mass is 385 g/mol. The maximum Gasteiger partial charge on any atom is 0.270 e. The van der Waals surface area contributed by atoms with Crippen LogP contribution in [0.25, 0.3) is 17.1 Å². The molecule has 0 atom stereocenters. The number of aryl methyl sites for hydroxylation is 3. The molecule has 4 rings (SSSR count). The molecule has 0 saturated carbocycles. The molecule has 0 radical (unpaired) electrons. The van der Waals surface area contributed by atoms with Gasteiger partial charge in [0.15, 0.2) is 5.76 Å². The first kappa shape index (κ1) is 18.7. The van der Waals surface area contributed by atoms with Gasteiger partial charge in [-0.15, -0.1) is 0 Å². The van der Waals surface area contributed by atoms with Crippen LogP contribution in [-0.2, 0) is 6.54 Å². The van der Waals surface area contributed by atoms with Gasteiger partial charge >= 0.3 is 0 Å². The number of carbonyl (C=O) groups excluding carboxylic acids is 1. The van der Waals surface area contributed by atoms with Crippen molar-refractivity contribution in [2.75, 3.05) is 0 Å². The summed E-state index contributed by atoms with van der Waals surface area (Å²) in [5.74, 6) is 1.26. The Morgan fingerprint density at radius 3 is 2.48 bits per heavy atom. The lowest BCUT2D eigenvalue weighted by Gasteiger charge is -2.11. The van der Waals surface area contributed by atoms with Crippen LogP contribution in [0.4, 0.5) is 0 Å². The van der Waals surface area contributed by atoms with Gasteiger partial charge in [-0.2, -0.15) is 5.10 Å². The van der Waals surface area contributed by atoms with Gasteiger partial charge in [0.1, 0.15) is 17.1 Å². The van der Waals surface area contributed by atoms with Crippen LogP contribution in [0, 0.1) is 20.8 Å². The first-order valence-electron chi connectivity index (χ1n) is 9.58. The highest BCUT2D eigenvalue weighted by atomic mass is 16.3. The van der Waals surface area contributed by atoms with Crippen molar-refractivity contribution in [3.63, 3.8) is 0 Å². The number of nitrogens with one attached hydrogen (secondary N) is 1. The first-order valence-corrected chi connectivity index (χ1v) is 9.58. The SMILES string of the molecule is Cc1ccc(-n2nc(-c3ccc(C)o3)cc2C(=O)NCc2ccccc2)c(C)c1. The van der Waals surface area contributed by atoms with Crippen molar-refractivity contribution in [1.82, 2.24) is 15.1 Å². The minimum atomic E-state index is -0.184. The molecule has 0 bridgehead atoms. The molecule has 0 aliphatic heterocycles. The summed E-state index contributed by atoms with van der Waals surface area (Å²) in [6.07, 6.45) is 0. The molecule has 1 amide bonds. The fourth-order valence-corrected chi connectivity index (χ4v) is 3.33. The second-order valence-electron chi connectivity index (χ2n) is 7.20. The van der Waals surface area contributed by atoms with Gasteiger partial charge in [-0.1, -0.05) is 48.0 Å². The molecule has 5 heteroatoms. The fourth-order valence-electron chi connectivity index (χ4n) is 3.33. The minimum Gasteiger partial charge on any atom is -0.460 e. The van der Waals surface area contributed by atoms with Crippen molar-refractivity contribution in [3.05, 3.63) is 94.9 Å². The van der Waals surface area contributed by atoms with Crippen molar-refractivity contribution in [2.24, 2.45) is 0 Å². The first-order chi connectivity index (χ1) is 14.0. The van der Waals surface area contributed by atoms with E-state index in [4.69, 9.17) is 9.52 Å². The van der Waals surface area contributed by atoms with Gasteiger partial charge in [-0.3, -0.25) is 4.79 Å². The van der Waals surface area contributed by atoms with E-state index in [0.29, 0.717) is 23.7 Å². The largest absolute Gasteiger partial charge is 0.460 e. The van der Waals surface area contributed by atoms with E-state index in [1.807, 2.05) is 75.4 Å². The van der Waals surface area contributed by atoms with E-state index in [1.165, 1.54) is 0 Å². The predicted molar refractivity (Wildman–Crippen MR) is 113 cm³/mol. The van der Waals surface area contributed by atoms with Crippen LogP contribution >= 0.6 is 0 Å². The minimum absolute atomic E-state index is 0.184. The Kier molecular flexibility index (Phi) is 5.04. The quantitative estimate of drug-likeness (QED) is 0.527. The summed E-state index contributed by atoms with van der Waals surface area (Å²) in [6, 6.07) is 21.5. The highest BCUT2D eigenvalue weighted by Gasteiger charge is 2.20. The van der Waals surface area contributed by atoms with Crippen LogP contribution in [0.1, 0.15) is 32.9 Å². The number of amides is 1. The molecular weight excluding hydrogens is 362 g/mol. The average molecular weight is 385 g/mol. The fraction of sp³-hybridized carbons (Fsp3) is 0.167. The van der Waals surface area contributed by atoms with Crippen molar-refractivity contribution in [1.29, 1.82) is 0 Å². The van der Waals surface area contributed by atoms with Gasteiger partial charge < -0.3 is 9.73 Å². The third kappa shape index (κ3) is 3.99. The molecule has 0 saturated heterocycles. The Balaban J connectivity index is 1.72. The number of carbonyl (C=O) groups is 1. The van der Waals surface area contributed by atoms with E-state index < -0.39 is 0 Å². The Morgan fingerprint density at radius 1 is 1.00 bits per heavy atom. The molecule has 4 aromatic rings. The zero-order valence-electron chi connectivity index (χ0n) is 16.8. The van der Waals surface area contributed by atoms with Crippen molar-refractivity contribution in [3.8, 4) is 17.1 Å². The van der Waals surface area contributed by atoms with Gasteiger partial charge in [0, 0.05) is 12.6 Å². The molecule has 2 heterocycles. The smallest absolute Gasteiger partial charge is 0.270 e. The Morgan fingerprint density at radius 2 is 1.79 bits per heavy atom. The topological polar surface area (TPSA) is 60.1 Å². The van der Waals surface area contributed by atoms with Gasteiger partial charge in [-0.25, -0.2) is 4.68 Å². The van der Waals surface area contributed by atoms with Gasteiger partial charge in [0.05, 0.1) is 5.69 Å². The number of hydrogen-bond acceptors (Lipinski definition) is 3. The lowest BCUT2D eigenvalue weighted by molar-refractivity contribution is 0.0943. The van der Waals surface area contributed by atoms with Crippen LogP contribution in [-0.4, -0.2) is 15.7 Å². The van der Waals surface area contributed by atoms with Crippen molar-refractivity contribution in [2.45, 2.75) is 27.3 Å². The molecule has 2 aromatic carbocycles. The second-order valence-corrected chi connectivity index (χ2v) is 7.20. The van der Waals surface area contributed by atoms with Gasteiger partial charge in [0.25, 0.3) is 5.91 Å². The van der Waals surface area contributed by atoms with Crippen LogP contribution in [0.5, 0.6) is 0 Å². The summed E-state index contributed by atoms with van der Waals surface area (Å²) in [5, 5.41) is 7.69. The zero-order valence-corrected chi connectivity index (χ0v) is 16.8. The maximum absolute atomic E-state index is 13.0. The molecule has 0 aliphatic rings. The maximum atomic E-state index is 13.0. The third-order valence-corrected chi connectivity index (χ3v) is 4.81. The van der Waals surface area contributed by atoms with Gasteiger partial charge in [-0.05, 0) is 50.1 Å². The summed E-state index contributed by atoms with van der Waals surface area (Å²) in [6.45, 7) is 6.40. The Labute approximate surface area is 170 Å². The normalized spacial score (nSPS) is 10.9. The Bertz CT molecular complexity index is 1160.